The summed E-state index contributed by atoms with van der Waals surface area (Å²) >= 11 is 0. The van der Waals surface area contributed by atoms with E-state index in [-0.39, 0.29) is 5.56 Å². The molecule has 0 fully saturated rings. The van der Waals surface area contributed by atoms with Crippen LogP contribution in [0.3, 0.4) is 0 Å². The highest BCUT2D eigenvalue weighted by Gasteiger charge is 2.25. The molecular formula is C13H16F2N4. The van der Waals surface area contributed by atoms with Crippen LogP contribution in [0.5, 0.6) is 0 Å². The molecule has 102 valence electrons. The van der Waals surface area contributed by atoms with Crippen molar-refractivity contribution in [2.24, 2.45) is 7.05 Å². The van der Waals surface area contributed by atoms with E-state index in [1.807, 2.05) is 6.92 Å². The first-order chi connectivity index (χ1) is 9.06. The van der Waals surface area contributed by atoms with Gasteiger partial charge in [-0.15, -0.1) is 5.10 Å². The smallest absolute Gasteiger partial charge is 0.134 e. The topological polar surface area (TPSA) is 42.7 Å². The minimum absolute atomic E-state index is 0.00671. The molecule has 6 heteroatoms. The summed E-state index contributed by atoms with van der Waals surface area (Å²) in [6, 6.07) is 2.10. The van der Waals surface area contributed by atoms with E-state index in [1.165, 1.54) is 23.0 Å². The Kier molecular flexibility index (Phi) is 3.90. The van der Waals surface area contributed by atoms with Gasteiger partial charge in [0, 0.05) is 12.6 Å². The number of nitrogens with zero attached hydrogens (tertiary/aromatic N) is 3. The lowest BCUT2D eigenvalue weighted by Crippen LogP contribution is -2.26. The fourth-order valence-electron chi connectivity index (χ4n) is 2.06. The van der Waals surface area contributed by atoms with E-state index >= 15 is 0 Å². The van der Waals surface area contributed by atoms with Gasteiger partial charge < -0.3 is 5.32 Å². The summed E-state index contributed by atoms with van der Waals surface area (Å²) < 4.78 is 29.7. The molecule has 0 aliphatic rings. The number of benzene rings is 1. The monoisotopic (exact) mass is 266 g/mol. The molecule has 1 aromatic heterocycles. The maximum absolute atomic E-state index is 14.2. The van der Waals surface area contributed by atoms with Gasteiger partial charge in [0.25, 0.3) is 0 Å². The van der Waals surface area contributed by atoms with Gasteiger partial charge in [-0.05, 0) is 25.1 Å². The number of hydrogen-bond donors (Lipinski definition) is 1. The van der Waals surface area contributed by atoms with Gasteiger partial charge in [-0.2, -0.15) is 0 Å². The summed E-state index contributed by atoms with van der Waals surface area (Å²) in [4.78, 5) is 0. The molecule has 1 N–H and O–H groups in total. The van der Waals surface area contributed by atoms with Crippen LogP contribution < -0.4 is 5.32 Å². The highest BCUT2D eigenvalue weighted by Crippen LogP contribution is 2.27. The summed E-state index contributed by atoms with van der Waals surface area (Å²) in [7, 11) is 1.69. The predicted molar refractivity (Wildman–Crippen MR) is 67.6 cm³/mol. The van der Waals surface area contributed by atoms with E-state index in [0.29, 0.717) is 17.8 Å². The maximum atomic E-state index is 14.2. The minimum atomic E-state index is -0.607. The molecule has 0 spiro atoms. The lowest BCUT2D eigenvalue weighted by atomic mass is 10.00. The van der Waals surface area contributed by atoms with Crippen molar-refractivity contribution in [1.82, 2.24) is 20.3 Å². The predicted octanol–water partition coefficient (Wildman–Crippen LogP) is 2.10. The van der Waals surface area contributed by atoms with Crippen LogP contribution >= 0.6 is 0 Å². The number of hydrogen-bond acceptors (Lipinski definition) is 3. The first-order valence-electron chi connectivity index (χ1n) is 6.08. The van der Waals surface area contributed by atoms with Gasteiger partial charge in [0.05, 0.1) is 17.9 Å². The first kappa shape index (κ1) is 13.6. The summed E-state index contributed by atoms with van der Waals surface area (Å²) in [5, 5.41) is 10.6. The van der Waals surface area contributed by atoms with Crippen molar-refractivity contribution >= 4 is 0 Å². The van der Waals surface area contributed by atoms with E-state index in [9.17, 15) is 8.78 Å². The second-order valence-electron chi connectivity index (χ2n) is 4.37. The van der Waals surface area contributed by atoms with Crippen LogP contribution in [-0.2, 0) is 7.05 Å². The van der Waals surface area contributed by atoms with Crippen molar-refractivity contribution in [1.29, 1.82) is 0 Å². The number of aromatic nitrogens is 3. The van der Waals surface area contributed by atoms with Crippen molar-refractivity contribution in [3.63, 3.8) is 0 Å². The molecule has 0 aliphatic carbocycles. The Morgan fingerprint density at radius 3 is 2.68 bits per heavy atom. The van der Waals surface area contributed by atoms with Gasteiger partial charge in [0.15, 0.2) is 0 Å². The summed E-state index contributed by atoms with van der Waals surface area (Å²) in [6.07, 6.45) is 1.51. The van der Waals surface area contributed by atoms with Gasteiger partial charge in [-0.3, -0.25) is 4.68 Å². The Hall–Kier alpha value is -1.82. The highest BCUT2D eigenvalue weighted by molar-refractivity contribution is 5.33. The SMILES string of the molecule is CCNC(c1c(F)ccc(C)c1F)c1cnnn1C. The number of rotatable bonds is 4. The first-order valence-corrected chi connectivity index (χ1v) is 6.08. The molecule has 1 aromatic carbocycles. The summed E-state index contributed by atoms with van der Waals surface area (Å²) in [6.45, 7) is 4.06. The van der Waals surface area contributed by atoms with Crippen LogP contribution in [0.15, 0.2) is 18.3 Å². The third kappa shape index (κ3) is 2.49. The van der Waals surface area contributed by atoms with E-state index < -0.39 is 17.7 Å². The largest absolute Gasteiger partial charge is 0.305 e. The van der Waals surface area contributed by atoms with E-state index in [4.69, 9.17) is 0 Å². The average Bonchev–Trinajstić information content (AvgIpc) is 2.79. The molecular weight excluding hydrogens is 250 g/mol. The van der Waals surface area contributed by atoms with Crippen LogP contribution in [0, 0.1) is 18.6 Å². The zero-order valence-corrected chi connectivity index (χ0v) is 11.1. The number of aryl methyl sites for hydroxylation is 2. The van der Waals surface area contributed by atoms with Crippen molar-refractivity contribution in [3.8, 4) is 0 Å². The minimum Gasteiger partial charge on any atom is -0.305 e. The molecule has 4 nitrogen and oxygen atoms in total. The standard InChI is InChI=1S/C13H16F2N4/c1-4-16-13(10-7-17-18-19(10)3)11-9(14)6-5-8(2)12(11)15/h5-7,13,16H,4H2,1-3H3. The second-order valence-corrected chi connectivity index (χ2v) is 4.37. The Bertz CT molecular complexity index is 580. The molecule has 0 bridgehead atoms. The molecule has 0 saturated heterocycles. The van der Waals surface area contributed by atoms with Gasteiger partial charge in [-0.25, -0.2) is 8.78 Å². The van der Waals surface area contributed by atoms with E-state index in [0.717, 1.165) is 0 Å². The van der Waals surface area contributed by atoms with Crippen LogP contribution in [0.1, 0.15) is 29.8 Å². The Balaban J connectivity index is 2.57. The van der Waals surface area contributed by atoms with Gasteiger partial charge in [-0.1, -0.05) is 18.2 Å². The fraction of sp³-hybridized carbons (Fsp3) is 0.385. The van der Waals surface area contributed by atoms with Crippen molar-refractivity contribution in [2.75, 3.05) is 6.54 Å². The van der Waals surface area contributed by atoms with Crippen LogP contribution in [0.4, 0.5) is 8.78 Å². The average molecular weight is 266 g/mol. The summed E-state index contributed by atoms with van der Waals surface area (Å²) in [5.74, 6) is -1.11. The van der Waals surface area contributed by atoms with Gasteiger partial charge in [0.2, 0.25) is 0 Å². The molecule has 1 heterocycles. The maximum Gasteiger partial charge on any atom is 0.134 e. The van der Waals surface area contributed by atoms with E-state index in [1.54, 1.807) is 14.0 Å². The Labute approximate surface area is 110 Å². The third-order valence-corrected chi connectivity index (χ3v) is 3.06. The molecule has 2 aromatic rings. The molecule has 0 amide bonds. The quantitative estimate of drug-likeness (QED) is 0.921. The normalized spacial score (nSPS) is 12.7. The second kappa shape index (κ2) is 5.44. The molecule has 0 radical (unpaired) electrons. The molecule has 2 rings (SSSR count). The van der Waals surface area contributed by atoms with Crippen LogP contribution in [0.2, 0.25) is 0 Å². The van der Waals surface area contributed by atoms with Crippen molar-refractivity contribution < 1.29 is 8.78 Å². The van der Waals surface area contributed by atoms with E-state index in [2.05, 4.69) is 15.6 Å². The lowest BCUT2D eigenvalue weighted by molar-refractivity contribution is 0.489. The summed E-state index contributed by atoms with van der Waals surface area (Å²) in [5.41, 5.74) is 1.03. The third-order valence-electron chi connectivity index (χ3n) is 3.06. The van der Waals surface area contributed by atoms with Gasteiger partial charge >= 0.3 is 0 Å². The number of nitrogens with one attached hydrogen (secondary N) is 1. The Morgan fingerprint density at radius 2 is 2.11 bits per heavy atom. The Morgan fingerprint density at radius 1 is 1.37 bits per heavy atom. The zero-order valence-electron chi connectivity index (χ0n) is 11.1. The number of halogens is 2. The lowest BCUT2D eigenvalue weighted by Gasteiger charge is -2.20. The molecule has 19 heavy (non-hydrogen) atoms. The molecule has 1 atom stereocenters. The van der Waals surface area contributed by atoms with Crippen LogP contribution in [0.25, 0.3) is 0 Å². The highest BCUT2D eigenvalue weighted by atomic mass is 19.1. The van der Waals surface area contributed by atoms with Crippen molar-refractivity contribution in [3.05, 3.63) is 46.8 Å². The van der Waals surface area contributed by atoms with Crippen molar-refractivity contribution in [2.45, 2.75) is 19.9 Å². The molecule has 1 unspecified atom stereocenters. The zero-order chi connectivity index (χ0) is 14.0. The molecule has 0 aliphatic heterocycles. The van der Waals surface area contributed by atoms with Crippen LogP contribution in [-0.4, -0.2) is 21.5 Å². The van der Waals surface area contributed by atoms with Gasteiger partial charge in [0.1, 0.15) is 11.6 Å². The molecule has 0 saturated carbocycles. The fourth-order valence-corrected chi connectivity index (χ4v) is 2.06.